The lowest BCUT2D eigenvalue weighted by Crippen LogP contribution is -2.57. The molecule has 0 aromatic rings. The van der Waals surface area contributed by atoms with E-state index in [-0.39, 0.29) is 11.8 Å². The summed E-state index contributed by atoms with van der Waals surface area (Å²) in [4.78, 5) is 37.7. The van der Waals surface area contributed by atoms with Gasteiger partial charge in [0.05, 0.1) is 12.1 Å². The Morgan fingerprint density at radius 1 is 1.04 bits per heavy atom. The van der Waals surface area contributed by atoms with Crippen LogP contribution in [0.5, 0.6) is 0 Å². The summed E-state index contributed by atoms with van der Waals surface area (Å²) in [6.07, 6.45) is 3.86. The summed E-state index contributed by atoms with van der Waals surface area (Å²) in [5.41, 5.74) is 17.3. The van der Waals surface area contributed by atoms with E-state index in [2.05, 4.69) is 0 Å². The van der Waals surface area contributed by atoms with Crippen molar-refractivity contribution >= 4 is 18.1 Å². The molecule has 7 heteroatoms. The molecule has 7 nitrogen and oxygen atoms in total. The molecule has 0 aromatic carbocycles. The van der Waals surface area contributed by atoms with Crippen LogP contribution in [0.1, 0.15) is 53.4 Å². The maximum Gasteiger partial charge on any atom is 0.247 e. The molecule has 139 valence electrons. The quantitative estimate of drug-likeness (QED) is 0.463. The van der Waals surface area contributed by atoms with Gasteiger partial charge in [-0.25, -0.2) is 0 Å². The van der Waals surface area contributed by atoms with Crippen molar-refractivity contribution in [2.45, 2.75) is 71.5 Å². The van der Waals surface area contributed by atoms with Gasteiger partial charge in [0.2, 0.25) is 18.1 Å². The molecule has 0 bridgehead atoms. The van der Waals surface area contributed by atoms with Crippen LogP contribution in [-0.2, 0) is 14.4 Å². The number of rotatable bonds is 11. The number of carbonyl (C=O) groups is 2. The third-order valence-corrected chi connectivity index (χ3v) is 3.90. The lowest BCUT2D eigenvalue weighted by molar-refractivity contribution is -0.148. The molecule has 0 saturated heterocycles. The number of unbranched alkanes of at least 4 members (excludes halogenated alkanes) is 1. The van der Waals surface area contributed by atoms with Crippen molar-refractivity contribution < 1.29 is 14.4 Å². The van der Waals surface area contributed by atoms with E-state index in [1.165, 1.54) is 0 Å². The van der Waals surface area contributed by atoms with Crippen molar-refractivity contribution in [3.8, 4) is 0 Å². The van der Waals surface area contributed by atoms with Crippen LogP contribution in [0, 0.1) is 11.8 Å². The minimum atomic E-state index is -0.973. The summed E-state index contributed by atoms with van der Waals surface area (Å²) in [7, 11) is 0. The Hall–Kier alpha value is -1.31. The smallest absolute Gasteiger partial charge is 0.247 e. The van der Waals surface area contributed by atoms with E-state index >= 15 is 0 Å². The summed E-state index contributed by atoms with van der Waals surface area (Å²) in [5, 5.41) is 0. The number of nitrogens with zero attached hydrogens (tertiary/aromatic N) is 1. The van der Waals surface area contributed by atoms with Crippen molar-refractivity contribution in [2.24, 2.45) is 29.0 Å². The SMILES string of the molecule is CC(C)C[C@H](N)C(=O)N(C(=O)[C@@H](N)C(C)C)[C@H]([C]=O)CCCCN. The fourth-order valence-electron chi connectivity index (χ4n) is 2.37. The lowest BCUT2D eigenvalue weighted by Gasteiger charge is -2.31. The average Bonchev–Trinajstić information content (AvgIpc) is 2.51. The maximum absolute atomic E-state index is 12.7. The highest BCUT2D eigenvalue weighted by atomic mass is 16.2. The summed E-state index contributed by atoms with van der Waals surface area (Å²) >= 11 is 0. The Labute approximate surface area is 145 Å². The van der Waals surface area contributed by atoms with Gasteiger partial charge in [0.15, 0.2) is 0 Å². The molecular weight excluding hydrogens is 308 g/mol. The third kappa shape index (κ3) is 7.07. The summed E-state index contributed by atoms with van der Waals surface area (Å²) < 4.78 is 0. The van der Waals surface area contributed by atoms with Crippen molar-refractivity contribution in [3.05, 3.63) is 0 Å². The molecule has 0 fully saturated rings. The van der Waals surface area contributed by atoms with Gasteiger partial charge in [0, 0.05) is 0 Å². The van der Waals surface area contributed by atoms with E-state index in [0.29, 0.717) is 32.2 Å². The van der Waals surface area contributed by atoms with E-state index in [9.17, 15) is 14.4 Å². The second-order valence-corrected chi connectivity index (χ2v) is 6.97. The molecule has 24 heavy (non-hydrogen) atoms. The Bertz CT molecular complexity index is 413. The molecule has 3 atom stereocenters. The molecule has 0 aromatic heterocycles. The molecule has 2 amide bonds. The first kappa shape index (κ1) is 22.7. The number of imide groups is 1. The molecule has 0 heterocycles. The van der Waals surface area contributed by atoms with Gasteiger partial charge in [-0.3, -0.25) is 19.3 Å². The second kappa shape index (κ2) is 11.3. The van der Waals surface area contributed by atoms with Gasteiger partial charge in [0.25, 0.3) is 0 Å². The minimum Gasteiger partial charge on any atom is -0.330 e. The third-order valence-electron chi connectivity index (χ3n) is 3.90. The molecule has 0 rings (SSSR count). The van der Waals surface area contributed by atoms with Gasteiger partial charge < -0.3 is 17.2 Å². The maximum atomic E-state index is 12.7. The largest absolute Gasteiger partial charge is 0.330 e. The van der Waals surface area contributed by atoms with Gasteiger partial charge in [-0.1, -0.05) is 27.7 Å². The van der Waals surface area contributed by atoms with E-state index in [1.54, 1.807) is 13.8 Å². The number of hydrogen-bond donors (Lipinski definition) is 3. The van der Waals surface area contributed by atoms with Crippen molar-refractivity contribution in [1.29, 1.82) is 0 Å². The second-order valence-electron chi connectivity index (χ2n) is 6.97. The average molecular weight is 341 g/mol. The predicted octanol–water partition coefficient (Wildman–Crippen LogP) is 0.306. The zero-order valence-electron chi connectivity index (χ0n) is 15.3. The molecule has 6 N–H and O–H groups in total. The number of nitrogens with two attached hydrogens (primary N) is 3. The highest BCUT2D eigenvalue weighted by molar-refractivity contribution is 6.02. The number of carbonyl (C=O) groups excluding carboxylic acids is 3. The highest BCUT2D eigenvalue weighted by Crippen LogP contribution is 2.15. The molecule has 0 aliphatic heterocycles. The highest BCUT2D eigenvalue weighted by Gasteiger charge is 2.36. The topological polar surface area (TPSA) is 133 Å². The van der Waals surface area contributed by atoms with Crippen LogP contribution in [-0.4, -0.2) is 47.7 Å². The monoisotopic (exact) mass is 341 g/mol. The van der Waals surface area contributed by atoms with Crippen LogP contribution in [0.25, 0.3) is 0 Å². The summed E-state index contributed by atoms with van der Waals surface area (Å²) in [6.45, 7) is 7.92. The fourth-order valence-corrected chi connectivity index (χ4v) is 2.37. The predicted molar refractivity (Wildman–Crippen MR) is 94.5 cm³/mol. The van der Waals surface area contributed by atoms with Crippen molar-refractivity contribution in [3.63, 3.8) is 0 Å². The lowest BCUT2D eigenvalue weighted by atomic mass is 9.98. The first-order chi connectivity index (χ1) is 11.2. The Morgan fingerprint density at radius 2 is 1.62 bits per heavy atom. The van der Waals surface area contributed by atoms with Gasteiger partial charge in [-0.05, 0) is 44.1 Å². The fraction of sp³-hybridized carbons (Fsp3) is 0.824. The van der Waals surface area contributed by atoms with E-state index < -0.39 is 29.9 Å². The molecule has 0 spiro atoms. The van der Waals surface area contributed by atoms with Gasteiger partial charge in [0.1, 0.15) is 6.04 Å². The number of hydrogen-bond acceptors (Lipinski definition) is 6. The van der Waals surface area contributed by atoms with E-state index in [1.807, 2.05) is 20.1 Å². The molecule has 1 radical (unpaired) electrons. The van der Waals surface area contributed by atoms with Crippen LogP contribution in [0.3, 0.4) is 0 Å². The van der Waals surface area contributed by atoms with Crippen molar-refractivity contribution in [2.75, 3.05) is 6.54 Å². The first-order valence-corrected chi connectivity index (χ1v) is 8.63. The van der Waals surface area contributed by atoms with Gasteiger partial charge in [-0.15, -0.1) is 0 Å². The van der Waals surface area contributed by atoms with Crippen LogP contribution in [0.15, 0.2) is 0 Å². The zero-order valence-corrected chi connectivity index (χ0v) is 15.3. The summed E-state index contributed by atoms with van der Waals surface area (Å²) in [5.74, 6) is -1.11. The number of amides is 2. The van der Waals surface area contributed by atoms with Crippen molar-refractivity contribution in [1.82, 2.24) is 4.90 Å². The van der Waals surface area contributed by atoms with Gasteiger partial charge >= 0.3 is 0 Å². The van der Waals surface area contributed by atoms with Crippen LogP contribution in [0.4, 0.5) is 0 Å². The van der Waals surface area contributed by atoms with Crippen LogP contribution >= 0.6 is 0 Å². The Balaban J connectivity index is 5.43. The Kier molecular flexibility index (Phi) is 10.7. The molecule has 0 aliphatic carbocycles. The minimum absolute atomic E-state index is 0.162. The van der Waals surface area contributed by atoms with Gasteiger partial charge in [-0.2, -0.15) is 0 Å². The standard InChI is InChI=1S/C17H33N4O3/c1-11(2)9-14(19)16(23)21(17(24)15(20)12(3)4)13(10-22)7-5-6-8-18/h11-15H,5-9,18-20H2,1-4H3/t13-,14-,15-/m0/s1. The summed E-state index contributed by atoms with van der Waals surface area (Å²) in [6, 6.07) is -2.69. The Morgan fingerprint density at radius 3 is 2.04 bits per heavy atom. The molecule has 0 unspecified atom stereocenters. The molecular formula is C17H33N4O3. The normalized spacial score (nSPS) is 15.2. The van der Waals surface area contributed by atoms with E-state index in [0.717, 1.165) is 4.90 Å². The first-order valence-electron chi connectivity index (χ1n) is 8.63. The van der Waals surface area contributed by atoms with Crippen LogP contribution in [0.2, 0.25) is 0 Å². The molecule has 0 aliphatic rings. The van der Waals surface area contributed by atoms with Crippen LogP contribution < -0.4 is 17.2 Å². The molecule has 0 saturated carbocycles. The zero-order chi connectivity index (χ0) is 18.9. The van der Waals surface area contributed by atoms with E-state index in [4.69, 9.17) is 17.2 Å².